The molecule has 820 valence electrons. The number of rotatable bonds is 25. The monoisotopic (exact) mass is 2050 g/mol. The Balaban J connectivity index is 0.000000163. The second kappa shape index (κ2) is 59.2. The third kappa shape index (κ3) is 36.5. The number of anilines is 7. The van der Waals surface area contributed by atoms with Crippen molar-refractivity contribution in [3.05, 3.63) is 166 Å². The second-order valence-electron chi connectivity index (χ2n) is 45.1. The maximum Gasteiger partial charge on any atom is 0.129 e. The Morgan fingerprint density at radius 2 is 0.469 bits per heavy atom. The van der Waals surface area contributed by atoms with Gasteiger partial charge in [-0.05, 0) is 247 Å². The summed E-state index contributed by atoms with van der Waals surface area (Å²) in [7, 11) is 16.1. The zero-order valence-corrected chi connectivity index (χ0v) is 93.4. The average Bonchev–Trinajstić information content (AvgIpc) is 0.985. The van der Waals surface area contributed by atoms with Gasteiger partial charge in [0.1, 0.15) is 49.1 Å². The van der Waals surface area contributed by atoms with Gasteiger partial charge in [-0.25, -0.2) is 17.6 Å². The maximum absolute atomic E-state index is 13.4. The number of aliphatic hydroxyl groups is 4. The first-order valence-electron chi connectivity index (χ1n) is 55.2. The van der Waals surface area contributed by atoms with E-state index >= 15 is 0 Å². The molecule has 7 aromatic rings. The molecule has 4 N–H and O–H groups in total. The van der Waals surface area contributed by atoms with Crippen molar-refractivity contribution < 1.29 is 52.2 Å². The van der Waals surface area contributed by atoms with E-state index in [9.17, 15) is 38.0 Å². The molecule has 0 amide bonds. The molecule has 10 fully saturated rings. The summed E-state index contributed by atoms with van der Waals surface area (Å²) in [6.45, 7) is 55.7. The van der Waals surface area contributed by atoms with Crippen molar-refractivity contribution in [2.45, 2.75) is 296 Å². The number of pyridine rings is 7. The predicted octanol–water partition coefficient (Wildman–Crippen LogP) is 16.2. The minimum Gasteiger partial charge on any atom is -0.388 e. The molecule has 28 nitrogen and oxygen atoms in total. The number of halogens is 4. The van der Waals surface area contributed by atoms with Crippen molar-refractivity contribution in [1.82, 2.24) is 69.2 Å². The maximum atomic E-state index is 13.4. The van der Waals surface area contributed by atoms with Crippen LogP contribution in [0.2, 0.25) is 0 Å². The number of piperidine rings is 7. The summed E-state index contributed by atoms with van der Waals surface area (Å²) in [5.41, 5.74) is 19.7. The molecule has 3 unspecified atom stereocenters. The summed E-state index contributed by atoms with van der Waals surface area (Å²) >= 11 is 0. The molecule has 0 aliphatic carbocycles. The molecule has 147 heavy (non-hydrogen) atoms. The van der Waals surface area contributed by atoms with Crippen molar-refractivity contribution in [3.8, 4) is 0 Å². The van der Waals surface area contributed by atoms with E-state index in [1.54, 1.807) is 0 Å². The van der Waals surface area contributed by atoms with E-state index in [-0.39, 0.29) is 0 Å². The third-order valence-corrected chi connectivity index (χ3v) is 29.5. The van der Waals surface area contributed by atoms with Crippen molar-refractivity contribution >= 4 is 39.8 Å². The Kier molecular flexibility index (Phi) is 47.9. The minimum absolute atomic E-state index is 0.338. The molecule has 17 heterocycles. The highest BCUT2D eigenvalue weighted by Crippen LogP contribution is 2.36. The lowest BCUT2D eigenvalue weighted by atomic mass is 10.0. The van der Waals surface area contributed by atoms with Crippen molar-refractivity contribution in [1.29, 1.82) is 0 Å². The van der Waals surface area contributed by atoms with Gasteiger partial charge < -0.3 is 88.5 Å². The van der Waals surface area contributed by atoms with Crippen molar-refractivity contribution in [2.75, 3.05) is 261 Å². The molecule has 0 spiro atoms. The molecular weight excluding hydrogens is 1860 g/mol. The quantitative estimate of drug-likeness (QED) is 0.0389. The van der Waals surface area contributed by atoms with Crippen LogP contribution in [0.25, 0.3) is 0 Å². The fraction of sp³-hybridized carbons (Fsp3) is 0.696. The summed E-state index contributed by atoms with van der Waals surface area (Å²) in [5, 5.41) is 39.1. The number of alkyl halides is 4. The largest absolute Gasteiger partial charge is 0.388 e. The lowest BCUT2D eigenvalue weighted by Gasteiger charge is -2.41. The van der Waals surface area contributed by atoms with Gasteiger partial charge in [-0.3, -0.25) is 49.6 Å². The van der Waals surface area contributed by atoms with Crippen molar-refractivity contribution in [2.24, 2.45) is 0 Å². The lowest BCUT2D eigenvalue weighted by molar-refractivity contribution is 0.0137. The van der Waals surface area contributed by atoms with Crippen LogP contribution in [0, 0.1) is 0 Å². The Hall–Kier alpha value is -8.19. The fourth-order valence-electron chi connectivity index (χ4n) is 20.7. The molecule has 17 rings (SSSR count). The number of aromatic nitrogens is 7. The normalized spacial score (nSPS) is 23.7. The van der Waals surface area contributed by atoms with Crippen LogP contribution in [0.3, 0.4) is 0 Å². The summed E-state index contributed by atoms with van der Waals surface area (Å²) in [6.07, 6.45) is 7.33. The van der Waals surface area contributed by atoms with Gasteiger partial charge in [0.2, 0.25) is 0 Å². The molecule has 0 bridgehead atoms. The van der Waals surface area contributed by atoms with E-state index in [1.165, 1.54) is 72.7 Å². The minimum atomic E-state index is -1.11. The molecule has 32 heteroatoms. The topological polar surface area (TPSA) is 244 Å². The van der Waals surface area contributed by atoms with Crippen LogP contribution in [0.1, 0.15) is 265 Å². The van der Waals surface area contributed by atoms with Crippen LogP contribution in [-0.4, -0.2) is 384 Å². The van der Waals surface area contributed by atoms with Crippen LogP contribution in [0.15, 0.2) is 104 Å². The SMILES string of the molecule is CC(C)c1ccc(N2CCC(F)C(O)C2)c(CN(C)C)n1.CC(C)c1ccc(N2CCCC(N3CCOCC3)C2)cn1.CC(C)c1ccc(N2CCC[C@@H](N3CCOCC3)C2)cn1.CC(C)c1ccc(N2CCC[C@H](N3CCOCC3)C2)cn1.CC(C)c1ccc(N2CC[C@@H](F)[C@H](O)C2)c(CN(C)C)n1.CC(C)c1ccc(N2CC[C@H](F)[C@@H](O)C2)c(CN(C)C)n1.CC(C)c1ccc(N2CC[C@H](F)[C@H](O)C2)c(CN(C)C)n1. The molecule has 7 aromatic heterocycles. The van der Waals surface area contributed by atoms with Gasteiger partial charge in [-0.15, -0.1) is 0 Å². The number of aliphatic hydroxyl groups excluding tert-OH is 4. The average molecular weight is 2050 g/mol. The summed E-state index contributed by atoms with van der Waals surface area (Å²) < 4.78 is 70.2. The molecule has 10 saturated heterocycles. The lowest BCUT2D eigenvalue weighted by Crippen LogP contribution is -2.51. The zero-order chi connectivity index (χ0) is 106. The number of nitrogens with zero attached hydrogens (tertiary/aromatic N) is 21. The standard InChI is InChI=1S/3C17H27N3O.4C16H26FN3O/c3*1-14(2)17-6-5-15(12-18-17)20-7-3-4-16(13-20)19-8-10-21-11-9-19;4*1-11(2)13-5-6-15(14(18-13)9-19(3)4)20-8-7-12(17)16(21)10-20/h3*5-6,12,14,16H,3-4,7-11,13H2,1-2H3;4*5-6,11-12,16,21H,7-10H2,1-4H3/t2*16-;;12-,16+;2*12-,16-;/m10.010./s1. The smallest absolute Gasteiger partial charge is 0.129 e. The Labute approximate surface area is 879 Å². The Bertz CT molecular complexity index is 4390. The number of hydrogen-bond acceptors (Lipinski definition) is 28. The van der Waals surface area contributed by atoms with E-state index in [1.807, 2.05) is 80.6 Å². The van der Waals surface area contributed by atoms with Crippen molar-refractivity contribution in [3.63, 3.8) is 0 Å². The van der Waals surface area contributed by atoms with Crippen LogP contribution < -0.4 is 34.3 Å². The number of ether oxygens (including phenoxy) is 3. The van der Waals surface area contributed by atoms with E-state index in [0.717, 1.165) is 213 Å². The molecule has 0 saturated carbocycles. The number of β-amino-alcohol motifs (C(OH)–C–C–N with tert-alkyl or cyclic N) is 4. The zero-order valence-electron chi connectivity index (χ0n) is 93.4. The van der Waals surface area contributed by atoms with E-state index in [0.29, 0.717) is 138 Å². The molecule has 0 radical (unpaired) electrons. The Morgan fingerprint density at radius 3 is 0.646 bits per heavy atom. The fourth-order valence-corrected chi connectivity index (χ4v) is 20.7. The van der Waals surface area contributed by atoms with Gasteiger partial charge in [0.15, 0.2) is 0 Å². The van der Waals surface area contributed by atoms with Crippen LogP contribution in [0.4, 0.5) is 57.4 Å². The van der Waals surface area contributed by atoms with Gasteiger partial charge in [-0.2, -0.15) is 0 Å². The first kappa shape index (κ1) is 119. The van der Waals surface area contributed by atoms with E-state index in [2.05, 4.69) is 260 Å². The van der Waals surface area contributed by atoms with E-state index in [4.69, 9.17) is 34.1 Å². The highest BCUT2D eigenvalue weighted by Gasteiger charge is 2.37. The van der Waals surface area contributed by atoms with Gasteiger partial charge in [-0.1, -0.05) is 96.9 Å². The van der Waals surface area contributed by atoms with Gasteiger partial charge in [0, 0.05) is 215 Å². The molecule has 10 aliphatic heterocycles. The molecule has 10 aliphatic rings. The molecule has 0 aromatic carbocycles. The first-order valence-corrected chi connectivity index (χ1v) is 55.2. The van der Waals surface area contributed by atoms with Gasteiger partial charge in [0.05, 0.1) is 121 Å². The molecule has 11 atom stereocenters. The highest BCUT2D eigenvalue weighted by molar-refractivity contribution is 5.57. The second-order valence-corrected chi connectivity index (χ2v) is 45.1. The first-order chi connectivity index (χ1) is 70.2. The third-order valence-electron chi connectivity index (χ3n) is 29.5. The van der Waals surface area contributed by atoms with Crippen LogP contribution in [-0.2, 0) is 40.4 Å². The van der Waals surface area contributed by atoms with Crippen LogP contribution in [0.5, 0.6) is 0 Å². The Morgan fingerprint density at radius 1 is 0.265 bits per heavy atom. The predicted molar refractivity (Wildman–Crippen MR) is 592 cm³/mol. The molecular formula is C115H185F4N21O7. The number of morpholine rings is 3. The van der Waals surface area contributed by atoms with Gasteiger partial charge >= 0.3 is 0 Å². The highest BCUT2D eigenvalue weighted by atomic mass is 19.1. The van der Waals surface area contributed by atoms with E-state index < -0.39 is 49.1 Å². The summed E-state index contributed by atoms with van der Waals surface area (Å²) in [6, 6.07) is 31.7. The van der Waals surface area contributed by atoms with Crippen LogP contribution >= 0.6 is 0 Å². The van der Waals surface area contributed by atoms with Gasteiger partial charge in [0.25, 0.3) is 0 Å². The summed E-state index contributed by atoms with van der Waals surface area (Å²) in [5.74, 6) is 3.01. The summed E-state index contributed by atoms with van der Waals surface area (Å²) in [4.78, 5) is 64.8. The number of hydrogen-bond donors (Lipinski definition) is 4.